The van der Waals surface area contributed by atoms with Crippen molar-refractivity contribution in [2.75, 3.05) is 7.11 Å². The number of alkyl halides is 1. The number of halogens is 1. The largest absolute Gasteiger partial charge is 0.493 e. The van der Waals surface area contributed by atoms with Crippen molar-refractivity contribution in [3.63, 3.8) is 0 Å². The van der Waals surface area contributed by atoms with E-state index < -0.39 is 6.36 Å². The maximum atomic E-state index is 13.9. The number of rotatable bonds is 5. The molecule has 2 aromatic heterocycles. The number of nitrogens with zero attached hydrogens (tertiary/aromatic N) is 4. The zero-order chi connectivity index (χ0) is 20.5. The molecule has 29 heavy (non-hydrogen) atoms. The lowest BCUT2D eigenvalue weighted by Crippen LogP contribution is -2.08. The van der Waals surface area contributed by atoms with Gasteiger partial charge in [0, 0.05) is 35.9 Å². The van der Waals surface area contributed by atoms with E-state index in [1.165, 1.54) is 7.11 Å². The molecule has 6 nitrogen and oxygen atoms in total. The van der Waals surface area contributed by atoms with E-state index in [1.807, 2.05) is 19.2 Å². The van der Waals surface area contributed by atoms with Gasteiger partial charge in [-0.3, -0.25) is 9.67 Å². The number of aryl methyl sites for hydroxylation is 1. The zero-order valence-electron chi connectivity index (χ0n) is 16.3. The van der Waals surface area contributed by atoms with Crippen molar-refractivity contribution in [1.29, 1.82) is 5.26 Å². The number of benzene rings is 2. The van der Waals surface area contributed by atoms with E-state index >= 15 is 0 Å². The van der Waals surface area contributed by atoms with Gasteiger partial charge in [0.05, 0.1) is 36.0 Å². The molecule has 4 rings (SSSR count). The first kappa shape index (κ1) is 18.7. The number of ether oxygens (including phenoxy) is 2. The molecule has 2 aromatic carbocycles. The highest BCUT2D eigenvalue weighted by Crippen LogP contribution is 2.39. The molecule has 0 N–H and O–H groups in total. The zero-order valence-corrected chi connectivity index (χ0v) is 16.3. The number of methoxy groups -OCH3 is 1. The van der Waals surface area contributed by atoms with Crippen LogP contribution in [0, 0.1) is 11.3 Å². The quantitative estimate of drug-likeness (QED) is 0.492. The Morgan fingerprint density at radius 1 is 1.21 bits per heavy atom. The highest BCUT2D eigenvalue weighted by atomic mass is 19.1. The lowest BCUT2D eigenvalue weighted by molar-refractivity contribution is 0.0614. The smallest absolute Gasteiger partial charge is 0.238 e. The van der Waals surface area contributed by atoms with Gasteiger partial charge < -0.3 is 9.47 Å². The van der Waals surface area contributed by atoms with E-state index in [0.717, 1.165) is 27.5 Å². The van der Waals surface area contributed by atoms with Crippen LogP contribution >= 0.6 is 0 Å². The van der Waals surface area contributed by atoms with Crippen LogP contribution < -0.4 is 9.47 Å². The van der Waals surface area contributed by atoms with Gasteiger partial charge in [-0.05, 0) is 18.2 Å². The first-order chi connectivity index (χ1) is 14.0. The van der Waals surface area contributed by atoms with E-state index in [9.17, 15) is 4.39 Å². The predicted octanol–water partition coefficient (Wildman–Crippen LogP) is 4.75. The van der Waals surface area contributed by atoms with Crippen LogP contribution in [0.25, 0.3) is 33.1 Å². The van der Waals surface area contributed by atoms with E-state index in [0.29, 0.717) is 22.6 Å². The van der Waals surface area contributed by atoms with E-state index in [-0.39, 0.29) is 6.42 Å². The van der Waals surface area contributed by atoms with Crippen molar-refractivity contribution in [2.45, 2.75) is 19.7 Å². The van der Waals surface area contributed by atoms with Crippen molar-refractivity contribution in [2.24, 2.45) is 7.05 Å². The standard InChI is InChI=1S/C22H19FN4O2/c1-4-20(23)29-19-9-15-16(10-18(19)28-3)25-12-17-21(15)22(26-27(17)2)14-7-5-13(11-24)6-8-14/h5-10,12,20H,4H2,1-3H3. The van der Waals surface area contributed by atoms with Crippen LogP contribution in [0.3, 0.4) is 0 Å². The molecule has 0 radical (unpaired) electrons. The minimum Gasteiger partial charge on any atom is -0.493 e. The maximum absolute atomic E-state index is 13.9. The average molecular weight is 390 g/mol. The molecule has 2 heterocycles. The number of fused-ring (bicyclic) bond motifs is 3. The average Bonchev–Trinajstić information content (AvgIpc) is 3.10. The van der Waals surface area contributed by atoms with Crippen molar-refractivity contribution in [3.8, 4) is 28.8 Å². The van der Waals surface area contributed by atoms with Gasteiger partial charge >= 0.3 is 0 Å². The second kappa shape index (κ2) is 7.40. The van der Waals surface area contributed by atoms with Crippen LogP contribution in [0.2, 0.25) is 0 Å². The number of hydrogen-bond acceptors (Lipinski definition) is 5. The molecule has 7 heteroatoms. The van der Waals surface area contributed by atoms with Crippen LogP contribution in [-0.2, 0) is 7.05 Å². The second-order valence-corrected chi connectivity index (χ2v) is 6.64. The summed E-state index contributed by atoms with van der Waals surface area (Å²) in [4.78, 5) is 4.52. The van der Waals surface area contributed by atoms with Gasteiger partial charge in [-0.2, -0.15) is 10.4 Å². The van der Waals surface area contributed by atoms with Crippen molar-refractivity contribution >= 4 is 21.8 Å². The molecule has 4 aromatic rings. The fourth-order valence-electron chi connectivity index (χ4n) is 3.31. The number of pyridine rings is 1. The third kappa shape index (κ3) is 3.23. The molecule has 0 saturated carbocycles. The topological polar surface area (TPSA) is 73.0 Å². The summed E-state index contributed by atoms with van der Waals surface area (Å²) >= 11 is 0. The Morgan fingerprint density at radius 3 is 2.62 bits per heavy atom. The number of hydrogen-bond donors (Lipinski definition) is 0. The lowest BCUT2D eigenvalue weighted by Gasteiger charge is -2.14. The number of nitriles is 1. The van der Waals surface area contributed by atoms with Crippen LogP contribution in [0.5, 0.6) is 11.5 Å². The summed E-state index contributed by atoms with van der Waals surface area (Å²) in [7, 11) is 3.36. The molecule has 0 fully saturated rings. The second-order valence-electron chi connectivity index (χ2n) is 6.64. The maximum Gasteiger partial charge on any atom is 0.238 e. The van der Waals surface area contributed by atoms with Crippen LogP contribution in [0.4, 0.5) is 4.39 Å². The summed E-state index contributed by atoms with van der Waals surface area (Å²) in [5.74, 6) is 0.738. The van der Waals surface area contributed by atoms with Crippen molar-refractivity contribution < 1.29 is 13.9 Å². The van der Waals surface area contributed by atoms with Crippen molar-refractivity contribution in [3.05, 3.63) is 48.2 Å². The fourth-order valence-corrected chi connectivity index (χ4v) is 3.31. The molecule has 1 atom stereocenters. The Bertz CT molecular complexity index is 1240. The summed E-state index contributed by atoms with van der Waals surface area (Å²) in [5.41, 5.74) is 3.73. The lowest BCUT2D eigenvalue weighted by atomic mass is 10.0. The minimum absolute atomic E-state index is 0.229. The Morgan fingerprint density at radius 2 is 1.97 bits per heavy atom. The molecular formula is C22H19FN4O2. The summed E-state index contributed by atoms with van der Waals surface area (Å²) < 4.78 is 26.5. The van der Waals surface area contributed by atoms with E-state index in [2.05, 4.69) is 16.2 Å². The van der Waals surface area contributed by atoms with Gasteiger partial charge in [0.25, 0.3) is 0 Å². The van der Waals surface area contributed by atoms with Gasteiger partial charge in [0.15, 0.2) is 11.5 Å². The molecule has 1 unspecified atom stereocenters. The first-order valence-electron chi connectivity index (χ1n) is 9.20. The van der Waals surface area contributed by atoms with Gasteiger partial charge in [-0.25, -0.2) is 4.39 Å². The Balaban J connectivity index is 2.00. The van der Waals surface area contributed by atoms with Crippen LogP contribution in [0.15, 0.2) is 42.6 Å². The van der Waals surface area contributed by atoms with Crippen LogP contribution in [-0.4, -0.2) is 28.2 Å². The Hall–Kier alpha value is -3.66. The molecular weight excluding hydrogens is 371 g/mol. The van der Waals surface area contributed by atoms with Crippen molar-refractivity contribution in [1.82, 2.24) is 14.8 Å². The molecule has 0 aliphatic carbocycles. The minimum atomic E-state index is -1.43. The summed E-state index contributed by atoms with van der Waals surface area (Å²) in [6.45, 7) is 1.71. The van der Waals surface area contributed by atoms with Gasteiger partial charge in [0.2, 0.25) is 6.36 Å². The highest BCUT2D eigenvalue weighted by Gasteiger charge is 2.18. The molecule has 146 valence electrons. The third-order valence-corrected chi connectivity index (χ3v) is 4.83. The van der Waals surface area contributed by atoms with Gasteiger partial charge in [-0.15, -0.1) is 0 Å². The summed E-state index contributed by atoms with van der Waals surface area (Å²) in [6, 6.07) is 12.8. The summed E-state index contributed by atoms with van der Waals surface area (Å²) in [6.07, 6.45) is 0.551. The van der Waals surface area contributed by atoms with E-state index in [1.54, 1.807) is 42.1 Å². The Kier molecular flexibility index (Phi) is 4.77. The molecule has 0 saturated heterocycles. The molecule has 0 bridgehead atoms. The van der Waals surface area contributed by atoms with Gasteiger partial charge in [-0.1, -0.05) is 19.1 Å². The van der Waals surface area contributed by atoms with Crippen LogP contribution in [0.1, 0.15) is 18.9 Å². The van der Waals surface area contributed by atoms with Gasteiger partial charge in [0.1, 0.15) is 5.69 Å². The highest BCUT2D eigenvalue weighted by molar-refractivity contribution is 6.11. The summed E-state index contributed by atoms with van der Waals surface area (Å²) in [5, 5.41) is 15.4. The predicted molar refractivity (Wildman–Crippen MR) is 109 cm³/mol. The molecule has 0 spiro atoms. The molecule has 0 amide bonds. The molecule has 0 aliphatic rings. The molecule has 0 aliphatic heterocycles. The normalized spacial score (nSPS) is 12.1. The first-order valence-corrected chi connectivity index (χ1v) is 9.20. The Labute approximate surface area is 167 Å². The third-order valence-electron chi connectivity index (χ3n) is 4.83. The monoisotopic (exact) mass is 390 g/mol. The number of aromatic nitrogens is 3. The fraction of sp³-hybridized carbons (Fsp3) is 0.227. The SMILES string of the molecule is CCC(F)Oc1cc2c(cc1OC)ncc1c2c(-c2ccc(C#N)cc2)nn1C. The van der Waals surface area contributed by atoms with E-state index in [4.69, 9.17) is 14.7 Å².